The number of rotatable bonds is 7. The lowest BCUT2D eigenvalue weighted by Crippen LogP contribution is -2.50. The maximum Gasteiger partial charge on any atom is 0.231 e. The molecule has 0 aliphatic carbocycles. The first kappa shape index (κ1) is 24.0. The smallest absolute Gasteiger partial charge is 0.231 e. The second-order valence-electron chi connectivity index (χ2n) is 9.42. The second-order valence-corrected chi connectivity index (χ2v) is 9.42. The molecule has 2 aliphatic rings. The van der Waals surface area contributed by atoms with Crippen LogP contribution in [0, 0.1) is 0 Å². The number of aromatic hydroxyl groups is 1. The molecule has 0 amide bonds. The van der Waals surface area contributed by atoms with Crippen LogP contribution in [0.1, 0.15) is 24.5 Å². The number of hydrogen-bond donors (Lipinski definition) is 2. The first-order valence-corrected chi connectivity index (χ1v) is 12.7. The molecule has 1 fully saturated rings. The lowest BCUT2D eigenvalue weighted by Gasteiger charge is -2.37. The van der Waals surface area contributed by atoms with E-state index in [0.29, 0.717) is 12.5 Å². The van der Waals surface area contributed by atoms with E-state index < -0.39 is 0 Å². The van der Waals surface area contributed by atoms with Gasteiger partial charge in [-0.05, 0) is 55.2 Å². The molecule has 0 aromatic heterocycles. The standard InChI is InChI=1S/C29H34N4O3/c1-22(11-12-23-7-3-2-4-8-23)30-29(31-25-9-5-6-10-26(25)34)33-17-15-32(16-18-33)20-24-13-14-27-28(19-24)36-21-35-27/h2-10,13-14,19,22,34H,11-12,15-18,20-21H2,1H3,(H,30,31). The number of phenolic OH excluding ortho intramolecular Hbond substituents is 1. The highest BCUT2D eigenvalue weighted by Crippen LogP contribution is 2.33. The minimum Gasteiger partial charge on any atom is -0.506 e. The largest absolute Gasteiger partial charge is 0.506 e. The first-order valence-electron chi connectivity index (χ1n) is 12.7. The minimum atomic E-state index is 0.144. The molecule has 188 valence electrons. The maximum absolute atomic E-state index is 10.4. The van der Waals surface area contributed by atoms with Gasteiger partial charge in [0.15, 0.2) is 17.5 Å². The van der Waals surface area contributed by atoms with Gasteiger partial charge in [-0.2, -0.15) is 0 Å². The number of aryl methyl sites for hydroxylation is 1. The number of hydrogen-bond acceptors (Lipinski definition) is 5. The van der Waals surface area contributed by atoms with Crippen molar-refractivity contribution in [3.8, 4) is 17.2 Å². The Morgan fingerprint density at radius 1 is 0.917 bits per heavy atom. The minimum absolute atomic E-state index is 0.144. The Morgan fingerprint density at radius 2 is 1.67 bits per heavy atom. The molecule has 0 saturated carbocycles. The van der Waals surface area contributed by atoms with Crippen molar-refractivity contribution in [3.05, 3.63) is 83.9 Å². The Bertz CT molecular complexity index is 1180. The lowest BCUT2D eigenvalue weighted by atomic mass is 10.1. The first-order chi connectivity index (χ1) is 17.6. The van der Waals surface area contributed by atoms with E-state index in [2.05, 4.69) is 58.4 Å². The molecular formula is C29H34N4O3. The summed E-state index contributed by atoms with van der Waals surface area (Å²) < 4.78 is 11.0. The van der Waals surface area contributed by atoms with Crippen molar-refractivity contribution in [2.24, 2.45) is 4.99 Å². The van der Waals surface area contributed by atoms with Gasteiger partial charge in [0.1, 0.15) is 5.75 Å². The highest BCUT2D eigenvalue weighted by molar-refractivity contribution is 5.95. The van der Waals surface area contributed by atoms with E-state index >= 15 is 0 Å². The van der Waals surface area contributed by atoms with Crippen molar-refractivity contribution in [2.75, 3.05) is 38.3 Å². The highest BCUT2D eigenvalue weighted by atomic mass is 16.7. The molecule has 2 N–H and O–H groups in total. The fraction of sp³-hybridized carbons (Fsp3) is 0.345. The number of ether oxygens (including phenoxy) is 2. The van der Waals surface area contributed by atoms with Gasteiger partial charge < -0.3 is 24.8 Å². The van der Waals surface area contributed by atoms with Crippen LogP contribution in [0.5, 0.6) is 17.2 Å². The van der Waals surface area contributed by atoms with Crippen LogP contribution in [0.15, 0.2) is 77.8 Å². The summed E-state index contributed by atoms with van der Waals surface area (Å²) in [6.45, 7) is 6.89. The lowest BCUT2D eigenvalue weighted by molar-refractivity contribution is 0.172. The van der Waals surface area contributed by atoms with Gasteiger partial charge in [-0.1, -0.05) is 48.5 Å². The zero-order chi connectivity index (χ0) is 24.7. The number of phenols is 1. The van der Waals surface area contributed by atoms with Gasteiger partial charge in [0.05, 0.1) is 11.7 Å². The van der Waals surface area contributed by atoms with Crippen molar-refractivity contribution >= 4 is 11.6 Å². The number of nitrogens with one attached hydrogen (secondary N) is 1. The summed E-state index contributed by atoms with van der Waals surface area (Å²) in [6.07, 6.45) is 1.94. The summed E-state index contributed by atoms with van der Waals surface area (Å²) in [4.78, 5) is 9.81. The topological polar surface area (TPSA) is 69.6 Å². The van der Waals surface area contributed by atoms with Crippen LogP contribution in [-0.4, -0.2) is 59.9 Å². The number of fused-ring (bicyclic) bond motifs is 1. The molecule has 3 aromatic rings. The summed E-state index contributed by atoms with van der Waals surface area (Å²) in [7, 11) is 0. The third-order valence-electron chi connectivity index (χ3n) is 6.70. The van der Waals surface area contributed by atoms with E-state index in [1.165, 1.54) is 11.1 Å². The molecule has 0 bridgehead atoms. The highest BCUT2D eigenvalue weighted by Gasteiger charge is 2.22. The van der Waals surface area contributed by atoms with Gasteiger partial charge in [0.2, 0.25) is 6.79 Å². The number of piperazine rings is 1. The molecule has 36 heavy (non-hydrogen) atoms. The zero-order valence-electron chi connectivity index (χ0n) is 20.8. The van der Waals surface area contributed by atoms with Gasteiger partial charge in [-0.3, -0.25) is 4.90 Å². The quantitative estimate of drug-likeness (QED) is 0.286. The van der Waals surface area contributed by atoms with E-state index in [1.807, 2.05) is 30.3 Å². The molecular weight excluding hydrogens is 452 g/mol. The fourth-order valence-electron chi connectivity index (χ4n) is 4.60. The SMILES string of the molecule is CC(CCc1ccccc1)N=C(Nc1ccccc1O)N1CCN(Cc2ccc3c(c2)OCO3)CC1. The average Bonchev–Trinajstić information content (AvgIpc) is 3.37. The van der Waals surface area contributed by atoms with E-state index in [4.69, 9.17) is 14.5 Å². The number of aliphatic imine (C=N–C) groups is 1. The molecule has 0 radical (unpaired) electrons. The van der Waals surface area contributed by atoms with Crippen molar-refractivity contribution < 1.29 is 14.6 Å². The molecule has 7 heteroatoms. The van der Waals surface area contributed by atoms with Gasteiger partial charge in [0.25, 0.3) is 0 Å². The predicted molar refractivity (Wildman–Crippen MR) is 143 cm³/mol. The zero-order valence-corrected chi connectivity index (χ0v) is 20.8. The van der Waals surface area contributed by atoms with Gasteiger partial charge in [0, 0.05) is 32.7 Å². The van der Waals surface area contributed by atoms with Crippen molar-refractivity contribution in [1.82, 2.24) is 9.80 Å². The number of anilines is 1. The molecule has 7 nitrogen and oxygen atoms in total. The summed E-state index contributed by atoms with van der Waals surface area (Å²) in [5.41, 5.74) is 3.23. The van der Waals surface area contributed by atoms with E-state index in [9.17, 15) is 5.11 Å². The fourth-order valence-corrected chi connectivity index (χ4v) is 4.60. The van der Waals surface area contributed by atoms with E-state index in [1.54, 1.807) is 6.07 Å². The van der Waals surface area contributed by atoms with Gasteiger partial charge in [-0.25, -0.2) is 4.99 Å². The number of nitrogens with zero attached hydrogens (tertiary/aromatic N) is 3. The van der Waals surface area contributed by atoms with Crippen LogP contribution in [0.2, 0.25) is 0 Å². The third kappa shape index (κ3) is 6.10. The van der Waals surface area contributed by atoms with Crippen LogP contribution in [0.4, 0.5) is 5.69 Å². The average molecular weight is 487 g/mol. The molecule has 1 atom stereocenters. The summed E-state index contributed by atoms with van der Waals surface area (Å²) in [5.74, 6) is 2.70. The van der Waals surface area contributed by atoms with E-state index in [-0.39, 0.29) is 11.8 Å². The second kappa shape index (κ2) is 11.4. The van der Waals surface area contributed by atoms with Crippen molar-refractivity contribution in [3.63, 3.8) is 0 Å². The van der Waals surface area contributed by atoms with Crippen LogP contribution < -0.4 is 14.8 Å². The number of para-hydroxylation sites is 2. The number of benzene rings is 3. The Morgan fingerprint density at radius 3 is 2.47 bits per heavy atom. The summed E-state index contributed by atoms with van der Waals surface area (Å²) in [5, 5.41) is 13.8. The molecule has 5 rings (SSSR count). The Hall–Kier alpha value is -3.71. The van der Waals surface area contributed by atoms with Gasteiger partial charge in [-0.15, -0.1) is 0 Å². The number of guanidine groups is 1. The van der Waals surface area contributed by atoms with Crippen LogP contribution >= 0.6 is 0 Å². The molecule has 1 unspecified atom stereocenters. The third-order valence-corrected chi connectivity index (χ3v) is 6.70. The maximum atomic E-state index is 10.4. The molecule has 3 aromatic carbocycles. The summed E-state index contributed by atoms with van der Waals surface area (Å²) in [6, 6.07) is 24.2. The van der Waals surface area contributed by atoms with Crippen LogP contribution in [0.25, 0.3) is 0 Å². The molecule has 2 aliphatic heterocycles. The van der Waals surface area contributed by atoms with E-state index in [0.717, 1.165) is 63.0 Å². The molecule has 0 spiro atoms. The van der Waals surface area contributed by atoms with Gasteiger partial charge >= 0.3 is 0 Å². The molecule has 1 saturated heterocycles. The molecule has 2 heterocycles. The van der Waals surface area contributed by atoms with Crippen molar-refractivity contribution in [2.45, 2.75) is 32.4 Å². The predicted octanol–water partition coefficient (Wildman–Crippen LogP) is 4.73. The summed E-state index contributed by atoms with van der Waals surface area (Å²) >= 11 is 0. The Labute approximate surface area is 213 Å². The van der Waals surface area contributed by atoms with Crippen molar-refractivity contribution in [1.29, 1.82) is 0 Å². The Kier molecular flexibility index (Phi) is 7.57. The Balaban J connectivity index is 1.23. The van der Waals surface area contributed by atoms with Crippen LogP contribution in [-0.2, 0) is 13.0 Å². The monoisotopic (exact) mass is 486 g/mol. The normalized spacial score (nSPS) is 16.7. The van der Waals surface area contributed by atoms with Crippen LogP contribution in [0.3, 0.4) is 0 Å².